The fourth-order valence-corrected chi connectivity index (χ4v) is 9.74. The van der Waals surface area contributed by atoms with E-state index in [1.807, 2.05) is 0 Å². The molecule has 0 heterocycles. The molecule has 70 heavy (non-hydrogen) atoms. The molecular weight excluding hydrogens is 865 g/mol. The zero-order valence-corrected chi connectivity index (χ0v) is 47.6. The van der Waals surface area contributed by atoms with Gasteiger partial charge in [0.05, 0.1) is 0 Å². The molecule has 0 aromatic rings. The van der Waals surface area contributed by atoms with Gasteiger partial charge in [0.1, 0.15) is 13.2 Å². The molecular formula is C64H122O6. The first-order valence-corrected chi connectivity index (χ1v) is 31.7. The van der Waals surface area contributed by atoms with Crippen molar-refractivity contribution < 1.29 is 28.6 Å². The quantitative estimate of drug-likeness (QED) is 0.0261. The van der Waals surface area contributed by atoms with Crippen LogP contribution in [0, 0.1) is 0 Å². The third-order valence-corrected chi connectivity index (χ3v) is 14.5. The van der Waals surface area contributed by atoms with Gasteiger partial charge in [-0.3, -0.25) is 14.4 Å². The first kappa shape index (κ1) is 68.2. The van der Waals surface area contributed by atoms with Gasteiger partial charge in [0.25, 0.3) is 0 Å². The molecule has 0 aromatic carbocycles. The molecule has 0 aliphatic rings. The van der Waals surface area contributed by atoms with Crippen molar-refractivity contribution in [1.29, 1.82) is 0 Å². The van der Waals surface area contributed by atoms with Crippen LogP contribution in [0.4, 0.5) is 0 Å². The average molecular weight is 988 g/mol. The number of carbonyl (C=O) groups is 3. The third-order valence-electron chi connectivity index (χ3n) is 14.5. The molecule has 0 rings (SSSR count). The highest BCUT2D eigenvalue weighted by Gasteiger charge is 2.19. The van der Waals surface area contributed by atoms with Crippen LogP contribution in [0.1, 0.15) is 361 Å². The summed E-state index contributed by atoms with van der Waals surface area (Å²) in [5.74, 6) is -0.849. The fourth-order valence-electron chi connectivity index (χ4n) is 9.74. The van der Waals surface area contributed by atoms with Crippen molar-refractivity contribution in [1.82, 2.24) is 0 Å². The second-order valence-corrected chi connectivity index (χ2v) is 21.7. The maximum atomic E-state index is 12.8. The molecule has 1 atom stereocenters. The molecule has 0 spiro atoms. The van der Waals surface area contributed by atoms with Gasteiger partial charge in [-0.1, -0.05) is 309 Å². The Kier molecular flexibility index (Phi) is 58.1. The van der Waals surface area contributed by atoms with Crippen molar-refractivity contribution >= 4 is 17.9 Å². The summed E-state index contributed by atoms with van der Waals surface area (Å²) in [6, 6.07) is 0. The molecule has 0 aliphatic heterocycles. The molecule has 0 N–H and O–H groups in total. The highest BCUT2D eigenvalue weighted by molar-refractivity contribution is 5.71. The first-order valence-electron chi connectivity index (χ1n) is 31.7. The van der Waals surface area contributed by atoms with Crippen molar-refractivity contribution in [3.8, 4) is 0 Å². The molecule has 0 fully saturated rings. The summed E-state index contributed by atoms with van der Waals surface area (Å²) in [5, 5.41) is 0. The SMILES string of the molecule is CCCCC/C=C\CCCCCCCC(=O)OCC(COC(=O)CCCCCCCCCCCCCCCCCCCCCCCCCCCC)OC(=O)CCCCCCCCCCCCCCCC. The van der Waals surface area contributed by atoms with E-state index >= 15 is 0 Å². The van der Waals surface area contributed by atoms with E-state index < -0.39 is 6.10 Å². The van der Waals surface area contributed by atoms with Gasteiger partial charge in [-0.05, 0) is 44.9 Å². The molecule has 414 valence electrons. The lowest BCUT2D eigenvalue weighted by molar-refractivity contribution is -0.167. The number of ether oxygens (including phenoxy) is 3. The molecule has 0 saturated heterocycles. The Labute approximate surface area is 437 Å². The lowest BCUT2D eigenvalue weighted by Gasteiger charge is -2.18. The Morgan fingerprint density at radius 3 is 0.743 bits per heavy atom. The van der Waals surface area contributed by atoms with E-state index in [9.17, 15) is 14.4 Å². The normalized spacial score (nSPS) is 12.0. The Balaban J connectivity index is 4.14. The highest BCUT2D eigenvalue weighted by atomic mass is 16.6. The number of rotatable bonds is 59. The smallest absolute Gasteiger partial charge is 0.306 e. The maximum Gasteiger partial charge on any atom is 0.306 e. The van der Waals surface area contributed by atoms with E-state index in [1.54, 1.807) is 0 Å². The summed E-state index contributed by atoms with van der Waals surface area (Å²) in [7, 11) is 0. The summed E-state index contributed by atoms with van der Waals surface area (Å²) in [4.78, 5) is 38.2. The molecule has 0 aromatic heterocycles. The minimum absolute atomic E-state index is 0.0664. The minimum atomic E-state index is -0.768. The van der Waals surface area contributed by atoms with Crippen LogP contribution in [0.3, 0.4) is 0 Å². The van der Waals surface area contributed by atoms with Gasteiger partial charge in [0.2, 0.25) is 0 Å². The molecule has 0 aliphatic carbocycles. The van der Waals surface area contributed by atoms with Gasteiger partial charge in [-0.15, -0.1) is 0 Å². The van der Waals surface area contributed by atoms with Crippen LogP contribution < -0.4 is 0 Å². The van der Waals surface area contributed by atoms with Gasteiger partial charge in [0, 0.05) is 19.3 Å². The van der Waals surface area contributed by atoms with Gasteiger partial charge >= 0.3 is 17.9 Å². The number of hydrogen-bond acceptors (Lipinski definition) is 6. The van der Waals surface area contributed by atoms with Gasteiger partial charge in [-0.25, -0.2) is 0 Å². The Bertz CT molecular complexity index is 1090. The van der Waals surface area contributed by atoms with Crippen molar-refractivity contribution in [2.45, 2.75) is 367 Å². The van der Waals surface area contributed by atoms with Crippen LogP contribution in [-0.4, -0.2) is 37.2 Å². The van der Waals surface area contributed by atoms with Crippen LogP contribution in [-0.2, 0) is 28.6 Å². The second kappa shape index (κ2) is 59.7. The van der Waals surface area contributed by atoms with Crippen LogP contribution in [0.2, 0.25) is 0 Å². The number of carbonyl (C=O) groups excluding carboxylic acids is 3. The molecule has 6 heteroatoms. The summed E-state index contributed by atoms with van der Waals surface area (Å²) in [6.07, 6.45) is 69.4. The molecule has 0 radical (unpaired) electrons. The molecule has 1 unspecified atom stereocenters. The predicted octanol–water partition coefficient (Wildman–Crippen LogP) is 21.3. The van der Waals surface area contributed by atoms with E-state index in [-0.39, 0.29) is 31.1 Å². The zero-order chi connectivity index (χ0) is 50.7. The lowest BCUT2D eigenvalue weighted by atomic mass is 10.0. The fraction of sp³-hybridized carbons (Fsp3) is 0.922. The summed E-state index contributed by atoms with van der Waals surface area (Å²) in [6.45, 7) is 6.68. The van der Waals surface area contributed by atoms with E-state index in [0.29, 0.717) is 19.3 Å². The number of esters is 3. The molecule has 0 amide bonds. The van der Waals surface area contributed by atoms with Gasteiger partial charge in [-0.2, -0.15) is 0 Å². The van der Waals surface area contributed by atoms with Crippen molar-refractivity contribution in [3.63, 3.8) is 0 Å². The second-order valence-electron chi connectivity index (χ2n) is 21.7. The van der Waals surface area contributed by atoms with E-state index in [0.717, 1.165) is 64.2 Å². The van der Waals surface area contributed by atoms with Crippen LogP contribution >= 0.6 is 0 Å². The summed E-state index contributed by atoms with van der Waals surface area (Å²) in [5.41, 5.74) is 0. The topological polar surface area (TPSA) is 78.9 Å². The number of hydrogen-bond donors (Lipinski definition) is 0. The standard InChI is InChI=1S/C64H122O6/c1-4-7-10-13-16-19-22-25-27-28-29-30-31-32-33-34-35-36-37-38-40-42-45-48-51-54-57-63(66)69-60-61(59-68-62(65)56-53-50-47-44-41-24-21-18-15-12-9-6-3)70-64(67)58-55-52-49-46-43-39-26-23-20-17-14-11-8-5-2/h18,21,61H,4-17,19-20,22-60H2,1-3H3/b21-18-. The summed E-state index contributed by atoms with van der Waals surface area (Å²) >= 11 is 0. The predicted molar refractivity (Wildman–Crippen MR) is 303 cm³/mol. The van der Waals surface area contributed by atoms with Crippen molar-refractivity contribution in [2.75, 3.05) is 13.2 Å². The Hall–Kier alpha value is -1.85. The van der Waals surface area contributed by atoms with Crippen molar-refractivity contribution in [3.05, 3.63) is 12.2 Å². The van der Waals surface area contributed by atoms with E-state index in [2.05, 4.69) is 32.9 Å². The molecule has 6 nitrogen and oxygen atoms in total. The lowest BCUT2D eigenvalue weighted by Crippen LogP contribution is -2.30. The van der Waals surface area contributed by atoms with Gasteiger partial charge < -0.3 is 14.2 Å². The van der Waals surface area contributed by atoms with Crippen molar-refractivity contribution in [2.24, 2.45) is 0 Å². The zero-order valence-electron chi connectivity index (χ0n) is 47.6. The first-order chi connectivity index (χ1) is 34.5. The highest BCUT2D eigenvalue weighted by Crippen LogP contribution is 2.18. The van der Waals surface area contributed by atoms with E-state index in [1.165, 1.54) is 257 Å². The van der Waals surface area contributed by atoms with E-state index in [4.69, 9.17) is 14.2 Å². The molecule has 0 bridgehead atoms. The number of allylic oxidation sites excluding steroid dienone is 2. The molecule has 0 saturated carbocycles. The third kappa shape index (κ3) is 57.1. The minimum Gasteiger partial charge on any atom is -0.462 e. The Morgan fingerprint density at radius 2 is 0.471 bits per heavy atom. The summed E-state index contributed by atoms with van der Waals surface area (Å²) < 4.78 is 16.9. The van der Waals surface area contributed by atoms with Gasteiger partial charge in [0.15, 0.2) is 6.10 Å². The average Bonchev–Trinajstić information content (AvgIpc) is 3.36. The maximum absolute atomic E-state index is 12.8. The largest absolute Gasteiger partial charge is 0.462 e. The number of unbranched alkanes of at least 4 members (excludes halogenated alkanes) is 46. The Morgan fingerprint density at radius 1 is 0.271 bits per heavy atom. The van der Waals surface area contributed by atoms with Crippen LogP contribution in [0.15, 0.2) is 12.2 Å². The van der Waals surface area contributed by atoms with Crippen LogP contribution in [0.25, 0.3) is 0 Å². The van der Waals surface area contributed by atoms with Crippen LogP contribution in [0.5, 0.6) is 0 Å². The monoisotopic (exact) mass is 987 g/mol.